The van der Waals surface area contributed by atoms with E-state index in [9.17, 15) is 4.79 Å². The van der Waals surface area contributed by atoms with Crippen LogP contribution >= 0.6 is 34.8 Å². The molecule has 0 radical (unpaired) electrons. The molecule has 1 saturated carbocycles. The number of carbonyl (C=O) groups excluding carboxylic acids is 1. The molecule has 1 N–H and O–H groups in total. The molecule has 0 unspecified atom stereocenters. The minimum atomic E-state index is -0.293. The van der Waals surface area contributed by atoms with Crippen LogP contribution in [0.15, 0.2) is 42.5 Å². The summed E-state index contributed by atoms with van der Waals surface area (Å²) in [6.45, 7) is 0. The van der Waals surface area contributed by atoms with Crippen molar-refractivity contribution in [3.05, 3.63) is 63.4 Å². The molecule has 5 nitrogen and oxygen atoms in total. The van der Waals surface area contributed by atoms with Crippen molar-refractivity contribution in [1.82, 2.24) is 20.1 Å². The van der Waals surface area contributed by atoms with Crippen molar-refractivity contribution in [2.24, 2.45) is 0 Å². The molecule has 0 atom stereocenters. The van der Waals surface area contributed by atoms with E-state index in [1.54, 1.807) is 47.1 Å². The zero-order valence-electron chi connectivity index (χ0n) is 14.8. The average molecular weight is 436 g/mol. The van der Waals surface area contributed by atoms with Crippen molar-refractivity contribution >= 4 is 40.7 Å². The summed E-state index contributed by atoms with van der Waals surface area (Å²) in [6.07, 6.45) is 4.22. The van der Waals surface area contributed by atoms with Gasteiger partial charge in [0.15, 0.2) is 5.82 Å². The van der Waals surface area contributed by atoms with Gasteiger partial charge in [0.2, 0.25) is 5.82 Å². The normalized spacial score (nSPS) is 14.4. The minimum Gasteiger partial charge on any atom is -0.347 e. The Morgan fingerprint density at radius 2 is 1.68 bits per heavy atom. The number of rotatable bonds is 4. The predicted octanol–water partition coefficient (Wildman–Crippen LogP) is 5.57. The number of hydrogen-bond donors (Lipinski definition) is 1. The molecule has 0 aliphatic heterocycles. The van der Waals surface area contributed by atoms with Crippen LogP contribution in [-0.4, -0.2) is 26.7 Å². The van der Waals surface area contributed by atoms with Crippen molar-refractivity contribution < 1.29 is 4.79 Å². The first-order valence-corrected chi connectivity index (χ1v) is 10.1. The molecule has 0 bridgehead atoms. The summed E-state index contributed by atoms with van der Waals surface area (Å²) in [5.74, 6) is 0.235. The Labute approximate surface area is 177 Å². The molecule has 1 aromatic heterocycles. The summed E-state index contributed by atoms with van der Waals surface area (Å²) >= 11 is 18.5. The third-order valence-corrected chi connectivity index (χ3v) is 5.56. The third kappa shape index (κ3) is 4.02. The Hall–Kier alpha value is -2.08. The highest BCUT2D eigenvalue weighted by molar-refractivity contribution is 6.35. The first-order chi connectivity index (χ1) is 13.5. The fraction of sp³-hybridized carbons (Fsp3) is 0.250. The van der Waals surface area contributed by atoms with Gasteiger partial charge in [0.1, 0.15) is 0 Å². The molecule has 1 amide bonds. The van der Waals surface area contributed by atoms with E-state index in [2.05, 4.69) is 15.4 Å². The molecule has 3 aromatic rings. The van der Waals surface area contributed by atoms with Gasteiger partial charge in [-0.15, -0.1) is 5.10 Å². The smallest absolute Gasteiger partial charge is 0.291 e. The summed E-state index contributed by atoms with van der Waals surface area (Å²) in [5, 5.41) is 9.05. The molecular formula is C20H17Cl3N4O. The summed E-state index contributed by atoms with van der Waals surface area (Å²) in [4.78, 5) is 17.2. The van der Waals surface area contributed by atoms with Gasteiger partial charge in [-0.2, -0.15) is 0 Å². The maximum absolute atomic E-state index is 12.7. The van der Waals surface area contributed by atoms with Gasteiger partial charge in [0, 0.05) is 21.7 Å². The van der Waals surface area contributed by atoms with Crippen LogP contribution in [0.4, 0.5) is 0 Å². The van der Waals surface area contributed by atoms with E-state index in [1.807, 2.05) is 0 Å². The number of halogens is 3. The van der Waals surface area contributed by atoms with Gasteiger partial charge in [-0.05, 0) is 55.3 Å². The van der Waals surface area contributed by atoms with E-state index in [0.717, 1.165) is 25.7 Å². The lowest BCUT2D eigenvalue weighted by Gasteiger charge is -2.09. The van der Waals surface area contributed by atoms with Crippen molar-refractivity contribution in [2.45, 2.75) is 31.7 Å². The van der Waals surface area contributed by atoms with Crippen molar-refractivity contribution in [3.8, 4) is 17.1 Å². The summed E-state index contributed by atoms with van der Waals surface area (Å²) in [6, 6.07) is 12.4. The Balaban J connectivity index is 1.78. The van der Waals surface area contributed by atoms with Crippen LogP contribution in [0.1, 0.15) is 36.3 Å². The average Bonchev–Trinajstić information content (AvgIpc) is 3.34. The van der Waals surface area contributed by atoms with Crippen LogP contribution in [0.3, 0.4) is 0 Å². The lowest BCUT2D eigenvalue weighted by atomic mass is 10.2. The van der Waals surface area contributed by atoms with Crippen LogP contribution < -0.4 is 5.32 Å². The highest BCUT2D eigenvalue weighted by Gasteiger charge is 2.24. The van der Waals surface area contributed by atoms with Gasteiger partial charge >= 0.3 is 0 Å². The zero-order chi connectivity index (χ0) is 19.7. The summed E-state index contributed by atoms with van der Waals surface area (Å²) in [5.41, 5.74) is 1.30. The maximum Gasteiger partial charge on any atom is 0.291 e. The van der Waals surface area contributed by atoms with E-state index in [-0.39, 0.29) is 17.8 Å². The molecule has 1 heterocycles. The maximum atomic E-state index is 12.7. The highest BCUT2D eigenvalue weighted by atomic mass is 35.5. The summed E-state index contributed by atoms with van der Waals surface area (Å²) < 4.78 is 1.58. The van der Waals surface area contributed by atoms with E-state index in [4.69, 9.17) is 34.8 Å². The van der Waals surface area contributed by atoms with E-state index >= 15 is 0 Å². The Morgan fingerprint density at radius 1 is 1.00 bits per heavy atom. The lowest BCUT2D eigenvalue weighted by molar-refractivity contribution is 0.0927. The number of carbonyl (C=O) groups is 1. The lowest BCUT2D eigenvalue weighted by Crippen LogP contribution is -2.33. The molecule has 0 spiro atoms. The van der Waals surface area contributed by atoms with Gasteiger partial charge in [0.25, 0.3) is 5.91 Å². The molecule has 1 aliphatic carbocycles. The second-order valence-corrected chi connectivity index (χ2v) is 8.01. The first kappa shape index (κ1) is 19.2. The quantitative estimate of drug-likeness (QED) is 0.583. The standard InChI is InChI=1S/C20H17Cl3N4O/c21-12-5-8-15(9-6-12)27-19(16-11-13(22)7-10-17(16)23)25-18(26-27)20(28)24-14-3-1-2-4-14/h5-11,14H,1-4H2,(H,24,28). The van der Waals surface area contributed by atoms with E-state index < -0.39 is 0 Å². The minimum absolute atomic E-state index is 0.0906. The van der Waals surface area contributed by atoms with E-state index in [1.165, 1.54) is 0 Å². The number of nitrogens with zero attached hydrogens (tertiary/aromatic N) is 3. The van der Waals surface area contributed by atoms with Crippen molar-refractivity contribution in [1.29, 1.82) is 0 Å². The summed E-state index contributed by atoms with van der Waals surface area (Å²) in [7, 11) is 0. The third-order valence-electron chi connectivity index (χ3n) is 4.74. The fourth-order valence-electron chi connectivity index (χ4n) is 3.33. The van der Waals surface area contributed by atoms with Crippen LogP contribution in [0, 0.1) is 0 Å². The van der Waals surface area contributed by atoms with Gasteiger partial charge < -0.3 is 5.32 Å². The molecular weight excluding hydrogens is 419 g/mol. The molecule has 1 fully saturated rings. The van der Waals surface area contributed by atoms with Gasteiger partial charge in [-0.25, -0.2) is 9.67 Å². The Morgan fingerprint density at radius 3 is 2.39 bits per heavy atom. The number of amides is 1. The molecule has 4 rings (SSSR count). The fourth-order valence-corrected chi connectivity index (χ4v) is 3.83. The number of nitrogens with one attached hydrogen (secondary N) is 1. The molecule has 8 heteroatoms. The van der Waals surface area contributed by atoms with Crippen molar-refractivity contribution in [3.63, 3.8) is 0 Å². The van der Waals surface area contributed by atoms with Crippen molar-refractivity contribution in [2.75, 3.05) is 0 Å². The van der Waals surface area contributed by atoms with Gasteiger partial charge in [0.05, 0.1) is 10.7 Å². The number of hydrogen-bond acceptors (Lipinski definition) is 3. The van der Waals surface area contributed by atoms with Crippen LogP contribution in [-0.2, 0) is 0 Å². The first-order valence-electron chi connectivity index (χ1n) is 9.00. The second kappa shape index (κ2) is 8.11. The van der Waals surface area contributed by atoms with Gasteiger partial charge in [-0.3, -0.25) is 4.79 Å². The zero-order valence-corrected chi connectivity index (χ0v) is 17.1. The van der Waals surface area contributed by atoms with Gasteiger partial charge in [-0.1, -0.05) is 47.6 Å². The number of benzene rings is 2. The molecule has 28 heavy (non-hydrogen) atoms. The van der Waals surface area contributed by atoms with Crippen LogP contribution in [0.25, 0.3) is 17.1 Å². The number of aromatic nitrogens is 3. The monoisotopic (exact) mass is 434 g/mol. The largest absolute Gasteiger partial charge is 0.347 e. The Bertz CT molecular complexity index is 1010. The van der Waals surface area contributed by atoms with Crippen LogP contribution in [0.2, 0.25) is 15.1 Å². The second-order valence-electron chi connectivity index (χ2n) is 6.73. The molecule has 144 valence electrons. The SMILES string of the molecule is O=C(NC1CCCC1)c1nc(-c2cc(Cl)ccc2Cl)n(-c2ccc(Cl)cc2)n1. The predicted molar refractivity (Wildman–Crippen MR) is 112 cm³/mol. The molecule has 0 saturated heterocycles. The Kier molecular flexibility index (Phi) is 5.58. The highest BCUT2D eigenvalue weighted by Crippen LogP contribution is 2.31. The molecule has 1 aliphatic rings. The van der Waals surface area contributed by atoms with E-state index in [0.29, 0.717) is 32.1 Å². The topological polar surface area (TPSA) is 59.8 Å². The van der Waals surface area contributed by atoms with Crippen LogP contribution in [0.5, 0.6) is 0 Å². The molecule has 2 aromatic carbocycles.